The number of rotatable bonds is 1. The Labute approximate surface area is 63.1 Å². The Bertz CT molecular complexity index is 93.1. The van der Waals surface area contributed by atoms with E-state index in [1.165, 1.54) is 0 Å². The van der Waals surface area contributed by atoms with Gasteiger partial charge in [-0.3, -0.25) is 14.4 Å². The predicted molar refractivity (Wildman–Crippen MR) is 35.3 cm³/mol. The first-order chi connectivity index (χ1) is 5.10. The average Bonchev–Trinajstić information content (AvgIpc) is 1.91. The van der Waals surface area contributed by atoms with Crippen molar-refractivity contribution >= 4 is 18.9 Å². The summed E-state index contributed by atoms with van der Waals surface area (Å²) in [6, 6.07) is 0. The fourth-order valence-corrected chi connectivity index (χ4v) is 0. The van der Waals surface area contributed by atoms with Crippen LogP contribution in [0.4, 0.5) is 0 Å². The summed E-state index contributed by atoms with van der Waals surface area (Å²) >= 11 is 0. The summed E-state index contributed by atoms with van der Waals surface area (Å²) in [5.74, 6) is -0.745. The van der Waals surface area contributed by atoms with Gasteiger partial charge in [-0.2, -0.15) is 0 Å². The van der Waals surface area contributed by atoms with Crippen LogP contribution in [0.2, 0.25) is 0 Å². The van der Waals surface area contributed by atoms with E-state index in [0.717, 1.165) is 0 Å². The van der Waals surface area contributed by atoms with Gasteiger partial charge in [-0.25, -0.2) is 0 Å². The van der Waals surface area contributed by atoms with Crippen LogP contribution < -0.4 is 0 Å². The van der Waals surface area contributed by atoms with Crippen LogP contribution in [0, 0.1) is 0 Å². The highest BCUT2D eigenvalue weighted by Crippen LogP contribution is 1.67. The van der Waals surface area contributed by atoms with Crippen molar-refractivity contribution in [3.8, 4) is 0 Å². The van der Waals surface area contributed by atoms with Crippen molar-refractivity contribution in [1.82, 2.24) is 0 Å². The first-order valence-corrected chi connectivity index (χ1v) is 2.48. The molecule has 66 valence electrons. The zero-order valence-corrected chi connectivity index (χ0v) is 5.93. The molecule has 0 aliphatic heterocycles. The third kappa shape index (κ3) is 2060. The second-order valence-electron chi connectivity index (χ2n) is 0.958. The Hall–Kier alpha value is -1.59. The summed E-state index contributed by atoms with van der Waals surface area (Å²) in [7, 11) is 0. The molecule has 0 spiro atoms. The molecule has 0 aromatic carbocycles. The van der Waals surface area contributed by atoms with Crippen molar-refractivity contribution < 1.29 is 29.7 Å². The molecule has 0 aliphatic rings. The Kier molecular flexibility index (Phi) is 35.0. The van der Waals surface area contributed by atoms with E-state index in [4.69, 9.17) is 24.9 Å². The second-order valence-corrected chi connectivity index (χ2v) is 0.958. The maximum atomic E-state index is 9.37. The van der Waals surface area contributed by atoms with E-state index >= 15 is 0 Å². The summed E-state index contributed by atoms with van der Waals surface area (Å²) in [5, 5.41) is 21.5. The molecule has 0 fully saturated rings. The standard InChI is InChI=1S/C3H6O2.2CH2O2/c1-2-3(4)5;2*2-1-3/h2H2,1H3,(H,4,5);2*1H,(H,2,3). The SMILES string of the molecule is CCC(=O)O.O=CO.O=CO. The van der Waals surface area contributed by atoms with Gasteiger partial charge < -0.3 is 15.3 Å². The van der Waals surface area contributed by atoms with Crippen LogP contribution in [0.1, 0.15) is 13.3 Å². The molecule has 0 saturated carbocycles. The Morgan fingerprint density at radius 2 is 1.36 bits per heavy atom. The molecule has 0 aromatic rings. The number of hydrogen-bond acceptors (Lipinski definition) is 3. The minimum atomic E-state index is -0.745. The number of hydrogen-bond donors (Lipinski definition) is 3. The molecule has 0 radical (unpaired) electrons. The molecule has 0 saturated heterocycles. The van der Waals surface area contributed by atoms with Gasteiger partial charge in [-0.15, -0.1) is 0 Å². The number of carboxylic acids is 1. The van der Waals surface area contributed by atoms with Gasteiger partial charge in [0.2, 0.25) is 0 Å². The van der Waals surface area contributed by atoms with Crippen LogP contribution in [0.5, 0.6) is 0 Å². The summed E-state index contributed by atoms with van der Waals surface area (Å²) < 4.78 is 0. The van der Waals surface area contributed by atoms with Crippen LogP contribution >= 0.6 is 0 Å². The van der Waals surface area contributed by atoms with Crippen LogP contribution in [-0.2, 0) is 14.4 Å². The molecule has 6 heteroatoms. The third-order valence-electron chi connectivity index (χ3n) is 0.302. The van der Waals surface area contributed by atoms with Crippen molar-refractivity contribution in [2.24, 2.45) is 0 Å². The van der Waals surface area contributed by atoms with Crippen molar-refractivity contribution in [3.05, 3.63) is 0 Å². The summed E-state index contributed by atoms with van der Waals surface area (Å²) in [4.78, 5) is 26.1. The molecule has 0 atom stereocenters. The molecule has 0 amide bonds. The van der Waals surface area contributed by atoms with E-state index in [0.29, 0.717) is 0 Å². The van der Waals surface area contributed by atoms with Crippen molar-refractivity contribution in [2.45, 2.75) is 13.3 Å². The quantitative estimate of drug-likeness (QED) is 0.468. The van der Waals surface area contributed by atoms with E-state index in [-0.39, 0.29) is 19.4 Å². The van der Waals surface area contributed by atoms with Gasteiger partial charge in [0.1, 0.15) is 0 Å². The zero-order chi connectivity index (χ0) is 9.70. The minimum absolute atomic E-state index is 0.222. The fraction of sp³-hybridized carbons (Fsp3) is 0.400. The van der Waals surface area contributed by atoms with Gasteiger partial charge in [0, 0.05) is 6.42 Å². The highest BCUT2D eigenvalue weighted by atomic mass is 16.4. The molecular formula is C5H10O6. The summed E-state index contributed by atoms with van der Waals surface area (Å²) in [5.41, 5.74) is 0. The number of carbonyl (C=O) groups is 3. The number of carboxylic acid groups (broad SMARTS) is 3. The predicted octanol–water partition coefficient (Wildman–Crippen LogP) is -0.117. The van der Waals surface area contributed by atoms with Crippen LogP contribution in [0.15, 0.2) is 0 Å². The lowest BCUT2D eigenvalue weighted by Crippen LogP contribution is -1.86. The zero-order valence-electron chi connectivity index (χ0n) is 5.93. The molecule has 0 rings (SSSR count). The average molecular weight is 166 g/mol. The van der Waals surface area contributed by atoms with E-state index in [1.54, 1.807) is 6.92 Å². The van der Waals surface area contributed by atoms with Gasteiger partial charge in [0.15, 0.2) is 0 Å². The van der Waals surface area contributed by atoms with E-state index in [1.807, 2.05) is 0 Å². The Balaban J connectivity index is -0.0000000933. The molecular weight excluding hydrogens is 156 g/mol. The largest absolute Gasteiger partial charge is 0.483 e. The van der Waals surface area contributed by atoms with Crippen LogP contribution in [0.25, 0.3) is 0 Å². The van der Waals surface area contributed by atoms with Gasteiger partial charge in [-0.1, -0.05) is 6.92 Å². The van der Waals surface area contributed by atoms with E-state index in [2.05, 4.69) is 0 Å². The maximum absolute atomic E-state index is 9.37. The van der Waals surface area contributed by atoms with Gasteiger partial charge in [0.05, 0.1) is 0 Å². The molecule has 0 aromatic heterocycles. The van der Waals surface area contributed by atoms with Crippen LogP contribution in [0.3, 0.4) is 0 Å². The third-order valence-corrected chi connectivity index (χ3v) is 0.302. The first kappa shape index (κ1) is 16.2. The molecule has 11 heavy (non-hydrogen) atoms. The summed E-state index contributed by atoms with van der Waals surface area (Å²) in [6.45, 7) is 1.10. The highest BCUT2D eigenvalue weighted by molar-refractivity contribution is 5.66. The van der Waals surface area contributed by atoms with Gasteiger partial charge >= 0.3 is 5.97 Å². The van der Waals surface area contributed by atoms with Crippen molar-refractivity contribution in [1.29, 1.82) is 0 Å². The Morgan fingerprint density at radius 3 is 1.36 bits per heavy atom. The highest BCUT2D eigenvalue weighted by Gasteiger charge is 1.80. The maximum Gasteiger partial charge on any atom is 0.303 e. The summed E-state index contributed by atoms with van der Waals surface area (Å²) in [6.07, 6.45) is 0.222. The monoisotopic (exact) mass is 166 g/mol. The van der Waals surface area contributed by atoms with Gasteiger partial charge in [0.25, 0.3) is 12.9 Å². The molecule has 0 aliphatic carbocycles. The molecule has 0 heterocycles. The lowest BCUT2D eigenvalue weighted by molar-refractivity contribution is -0.136. The normalized spacial score (nSPS) is 5.55. The number of aliphatic carboxylic acids is 1. The lowest BCUT2D eigenvalue weighted by atomic mass is 10.5. The van der Waals surface area contributed by atoms with Crippen LogP contribution in [-0.4, -0.2) is 34.2 Å². The molecule has 6 nitrogen and oxygen atoms in total. The van der Waals surface area contributed by atoms with Crippen molar-refractivity contribution in [2.75, 3.05) is 0 Å². The second kappa shape index (κ2) is 23.7. The molecule has 0 bridgehead atoms. The topological polar surface area (TPSA) is 112 Å². The van der Waals surface area contributed by atoms with E-state index < -0.39 is 5.97 Å². The fourth-order valence-electron chi connectivity index (χ4n) is 0. The molecule has 0 unspecified atom stereocenters. The first-order valence-electron chi connectivity index (χ1n) is 2.48. The van der Waals surface area contributed by atoms with E-state index in [9.17, 15) is 4.79 Å². The Morgan fingerprint density at radius 1 is 1.27 bits per heavy atom. The smallest absolute Gasteiger partial charge is 0.303 e. The van der Waals surface area contributed by atoms with Gasteiger partial charge in [-0.05, 0) is 0 Å². The lowest BCUT2D eigenvalue weighted by Gasteiger charge is -1.71. The van der Waals surface area contributed by atoms with Crippen molar-refractivity contribution in [3.63, 3.8) is 0 Å². The minimum Gasteiger partial charge on any atom is -0.483 e. The molecule has 3 N–H and O–H groups in total.